The lowest BCUT2D eigenvalue weighted by atomic mass is 10.1. The molecule has 6 nitrogen and oxygen atoms in total. The molecule has 1 fully saturated rings. The van der Waals surface area contributed by atoms with E-state index in [1.54, 1.807) is 14.2 Å². The molecule has 1 aliphatic heterocycles. The van der Waals surface area contributed by atoms with Gasteiger partial charge in [-0.2, -0.15) is 0 Å². The average Bonchev–Trinajstić information content (AvgIpc) is 3.20. The normalized spacial score (nSPS) is 14.6. The Morgan fingerprint density at radius 2 is 1.42 bits per heavy atom. The maximum atomic E-state index is 13.6. The van der Waals surface area contributed by atoms with Crippen LogP contribution in [0.25, 0.3) is 20.5 Å². The van der Waals surface area contributed by atoms with Crippen molar-refractivity contribution in [3.05, 3.63) is 66.7 Å². The molecule has 0 amide bonds. The molecule has 0 bridgehead atoms. The second-order valence-corrected chi connectivity index (χ2v) is 10.2. The lowest BCUT2D eigenvalue weighted by Crippen LogP contribution is -2.33. The molecule has 0 spiro atoms. The van der Waals surface area contributed by atoms with E-state index in [2.05, 4.69) is 4.90 Å². The second kappa shape index (κ2) is 11.2. The molecule has 2 heterocycles. The predicted molar refractivity (Wildman–Crippen MR) is 143 cm³/mol. The van der Waals surface area contributed by atoms with Gasteiger partial charge in [0.05, 0.1) is 19.6 Å². The minimum atomic E-state index is -1.42. The molecule has 4 aromatic rings. The zero-order valence-corrected chi connectivity index (χ0v) is 21.5. The van der Waals surface area contributed by atoms with E-state index in [9.17, 15) is 4.55 Å². The summed E-state index contributed by atoms with van der Waals surface area (Å²) in [6.45, 7) is 3.94. The van der Waals surface area contributed by atoms with Crippen molar-refractivity contribution in [2.75, 3.05) is 40.5 Å². The minimum Gasteiger partial charge on any atom is -0.590 e. The Labute approximate surface area is 214 Å². The molecule has 0 radical (unpaired) electrons. The van der Waals surface area contributed by atoms with Gasteiger partial charge in [0.2, 0.25) is 4.88 Å². The largest absolute Gasteiger partial charge is 0.590 e. The van der Waals surface area contributed by atoms with Gasteiger partial charge in [0.1, 0.15) is 29.6 Å². The first-order valence-corrected chi connectivity index (χ1v) is 13.4. The molecular formula is C29H31NO5S. The molecule has 0 aliphatic carbocycles. The van der Waals surface area contributed by atoms with Crippen molar-refractivity contribution in [1.82, 2.24) is 4.90 Å². The Morgan fingerprint density at radius 1 is 0.778 bits per heavy atom. The number of hydrogen-bond donors (Lipinski definition) is 0. The van der Waals surface area contributed by atoms with Crippen LogP contribution in [0.15, 0.2) is 66.7 Å². The highest BCUT2D eigenvalue weighted by molar-refractivity contribution is 7.35. The Balaban J connectivity index is 1.39. The summed E-state index contributed by atoms with van der Waals surface area (Å²) in [4.78, 5) is 3.09. The molecule has 1 unspecified atom stereocenters. The van der Waals surface area contributed by atoms with Gasteiger partial charge in [0.25, 0.3) is 0 Å². The number of likely N-dealkylation sites (tertiary alicyclic amines) is 1. The molecule has 36 heavy (non-hydrogen) atoms. The number of benzene rings is 3. The van der Waals surface area contributed by atoms with Crippen LogP contribution >= 0.6 is 10.8 Å². The first-order chi connectivity index (χ1) is 17.7. The predicted octanol–water partition coefficient (Wildman–Crippen LogP) is 6.91. The number of piperidine rings is 1. The number of rotatable bonds is 9. The maximum absolute atomic E-state index is 13.6. The molecule has 188 valence electrons. The van der Waals surface area contributed by atoms with E-state index >= 15 is 0 Å². The van der Waals surface area contributed by atoms with E-state index in [-0.39, 0.29) is 0 Å². The summed E-state index contributed by atoms with van der Waals surface area (Å²) in [5, 5.41) is 0.793. The van der Waals surface area contributed by atoms with Crippen LogP contribution in [0.3, 0.4) is 0 Å². The number of nitrogens with zero attached hydrogens (tertiary/aromatic N) is 1. The molecule has 1 aromatic heterocycles. The molecule has 5 rings (SSSR count). The molecule has 1 saturated heterocycles. The number of methoxy groups -OCH3 is 2. The summed E-state index contributed by atoms with van der Waals surface area (Å²) in [5.41, 5.74) is 0.817. The van der Waals surface area contributed by atoms with Crippen molar-refractivity contribution in [3.8, 4) is 39.2 Å². The topological polar surface area (TPSA) is 63.2 Å². The third kappa shape index (κ3) is 5.28. The van der Waals surface area contributed by atoms with Crippen LogP contribution < -0.4 is 18.9 Å². The van der Waals surface area contributed by atoms with Crippen LogP contribution in [0.1, 0.15) is 19.3 Å². The average molecular weight is 506 g/mol. The van der Waals surface area contributed by atoms with Gasteiger partial charge in [-0.25, -0.2) is 0 Å². The van der Waals surface area contributed by atoms with Gasteiger partial charge in [-0.15, -0.1) is 0 Å². The monoisotopic (exact) mass is 505 g/mol. The summed E-state index contributed by atoms with van der Waals surface area (Å²) in [7, 11) is 1.81. The standard InChI is InChI=1S/C29H31NO5S/c1-32-22-8-6-21(7-9-22)29-28(26-15-14-25(33-2)20-27(26)36(29)31)35-24-12-10-23(11-13-24)34-19-18-30-16-4-3-5-17-30/h6-15,20H,3-5,16-19H2,1-2H3. The van der Waals surface area contributed by atoms with Gasteiger partial charge >= 0.3 is 0 Å². The molecular weight excluding hydrogens is 474 g/mol. The fourth-order valence-corrected chi connectivity index (χ4v) is 6.04. The van der Waals surface area contributed by atoms with Crippen LogP contribution in [-0.2, 0) is 0 Å². The highest BCUT2D eigenvalue weighted by Gasteiger charge is 2.27. The molecule has 3 aromatic carbocycles. The third-order valence-electron chi connectivity index (χ3n) is 6.55. The van der Waals surface area contributed by atoms with E-state index in [1.165, 1.54) is 19.3 Å². The Kier molecular flexibility index (Phi) is 7.60. The number of fused-ring (bicyclic) bond motifs is 1. The fourth-order valence-electron chi connectivity index (χ4n) is 4.57. The van der Waals surface area contributed by atoms with Crippen LogP contribution in [0.4, 0.5) is 0 Å². The van der Waals surface area contributed by atoms with Crippen molar-refractivity contribution < 1.29 is 23.5 Å². The fraction of sp³-hybridized carbons (Fsp3) is 0.310. The molecule has 1 atom stereocenters. The molecule has 0 saturated carbocycles. The van der Waals surface area contributed by atoms with Crippen LogP contribution in [0, 0.1) is 0 Å². The van der Waals surface area contributed by atoms with E-state index in [1.807, 2.05) is 66.7 Å². The number of ether oxygens (including phenoxy) is 4. The highest BCUT2D eigenvalue weighted by atomic mass is 32.2. The number of thiophene rings is 1. The van der Waals surface area contributed by atoms with Gasteiger partial charge in [0.15, 0.2) is 10.4 Å². The summed E-state index contributed by atoms with van der Waals surface area (Å²) < 4.78 is 37.3. The van der Waals surface area contributed by atoms with E-state index < -0.39 is 10.8 Å². The SMILES string of the molecule is COc1ccc(-c2c(Oc3ccc(OCCN4CCCCC4)cc3)c3ccc(OC)cc3[s+]2[O-])cc1. The van der Waals surface area contributed by atoms with Crippen LogP contribution in [0.5, 0.6) is 28.7 Å². The summed E-state index contributed by atoms with van der Waals surface area (Å²) in [6, 6.07) is 20.7. The van der Waals surface area contributed by atoms with E-state index in [0.29, 0.717) is 33.4 Å². The van der Waals surface area contributed by atoms with E-state index in [4.69, 9.17) is 18.9 Å². The van der Waals surface area contributed by atoms with Crippen molar-refractivity contribution in [3.63, 3.8) is 0 Å². The van der Waals surface area contributed by atoms with Crippen molar-refractivity contribution >= 4 is 20.8 Å². The summed E-state index contributed by atoms with van der Waals surface area (Å²) >= 11 is 0. The van der Waals surface area contributed by atoms with Crippen molar-refractivity contribution in [1.29, 1.82) is 0 Å². The van der Waals surface area contributed by atoms with Crippen LogP contribution in [-0.4, -0.2) is 49.9 Å². The van der Waals surface area contributed by atoms with Gasteiger partial charge in [-0.3, -0.25) is 4.90 Å². The Bertz CT molecular complexity index is 1290. The molecule has 1 aliphatic rings. The van der Waals surface area contributed by atoms with Crippen molar-refractivity contribution in [2.45, 2.75) is 19.3 Å². The quantitative estimate of drug-likeness (QED) is 0.230. The van der Waals surface area contributed by atoms with Gasteiger partial charge in [-0.1, -0.05) is 6.42 Å². The minimum absolute atomic E-state index is 0.579. The third-order valence-corrected chi connectivity index (χ3v) is 8.07. The zero-order valence-electron chi connectivity index (χ0n) is 20.7. The first kappa shape index (κ1) is 24.4. The number of hydrogen-bond acceptors (Lipinski definition) is 6. The van der Waals surface area contributed by atoms with Crippen LogP contribution in [0.2, 0.25) is 0 Å². The summed E-state index contributed by atoms with van der Waals surface area (Å²) in [6.07, 6.45) is 3.89. The first-order valence-electron chi connectivity index (χ1n) is 12.3. The van der Waals surface area contributed by atoms with Gasteiger partial charge in [-0.05, 0) is 97.3 Å². The molecule has 0 N–H and O–H groups in total. The smallest absolute Gasteiger partial charge is 0.223 e. The van der Waals surface area contributed by atoms with Gasteiger partial charge < -0.3 is 23.5 Å². The van der Waals surface area contributed by atoms with Gasteiger partial charge in [0, 0.05) is 18.2 Å². The molecule has 7 heteroatoms. The lowest BCUT2D eigenvalue weighted by molar-refractivity contribution is 0.183. The van der Waals surface area contributed by atoms with Crippen molar-refractivity contribution in [2.24, 2.45) is 0 Å². The lowest BCUT2D eigenvalue weighted by Gasteiger charge is -2.26. The maximum Gasteiger partial charge on any atom is 0.223 e. The van der Waals surface area contributed by atoms with E-state index in [0.717, 1.165) is 42.1 Å². The Hall–Kier alpha value is -3.26. The second-order valence-electron chi connectivity index (χ2n) is 8.84. The zero-order chi connectivity index (χ0) is 24.9. The summed E-state index contributed by atoms with van der Waals surface area (Å²) in [5.74, 6) is 3.43. The Morgan fingerprint density at radius 3 is 2.11 bits per heavy atom. The highest BCUT2D eigenvalue weighted by Crippen LogP contribution is 2.52.